The van der Waals surface area contributed by atoms with Gasteiger partial charge in [-0.05, 0) is 75.5 Å². The lowest BCUT2D eigenvalue weighted by Gasteiger charge is -2.33. The van der Waals surface area contributed by atoms with Crippen molar-refractivity contribution in [3.05, 3.63) is 0 Å². The molecule has 0 heterocycles. The summed E-state index contributed by atoms with van der Waals surface area (Å²) in [4.78, 5) is 0. The van der Waals surface area contributed by atoms with E-state index in [0.29, 0.717) is 11.8 Å². The normalized spacial score (nSPS) is 31.8. The van der Waals surface area contributed by atoms with Crippen molar-refractivity contribution < 1.29 is 4.39 Å². The number of hydrogen-bond acceptors (Lipinski definition) is 1. The minimum atomic E-state index is -0.694. The summed E-state index contributed by atoms with van der Waals surface area (Å²) in [5.41, 5.74) is 6.80. The fourth-order valence-corrected chi connectivity index (χ4v) is 4.20. The molecule has 1 unspecified atom stereocenters. The van der Waals surface area contributed by atoms with Crippen molar-refractivity contribution >= 4 is 0 Å². The Labute approximate surface area is 124 Å². The fraction of sp³-hybridized carbons (Fsp3) is 1.00. The molecular weight excluding hydrogens is 249 g/mol. The molecule has 2 aliphatic rings. The highest BCUT2D eigenvalue weighted by Crippen LogP contribution is 2.59. The molecule has 0 bridgehead atoms. The first-order chi connectivity index (χ1) is 9.52. The molecule has 2 atom stereocenters. The van der Waals surface area contributed by atoms with Crippen molar-refractivity contribution in [3.8, 4) is 0 Å². The monoisotopic (exact) mass is 283 g/mol. The summed E-state index contributed by atoms with van der Waals surface area (Å²) in [6, 6.07) is 0.218. The fourth-order valence-electron chi connectivity index (χ4n) is 4.20. The largest absolute Gasteiger partial charge is 0.328 e. The zero-order valence-corrected chi connectivity index (χ0v) is 13.5. The zero-order valence-electron chi connectivity index (χ0n) is 13.5. The smallest absolute Gasteiger partial charge is 0.0974 e. The molecule has 0 aromatic heterocycles. The standard InChI is InChI=1S/C18H34FN/c1-14-5-8-16(9-6-14)18(12-13-18)11-3-4-17(20)10-7-15(2)19/h14-17H,3-13,20H2,1-2H3/t14?,15?,16?,17-/m0/s1. The van der Waals surface area contributed by atoms with Gasteiger partial charge in [-0.2, -0.15) is 0 Å². The average molecular weight is 283 g/mol. The number of rotatable bonds is 8. The molecule has 0 radical (unpaired) electrons. The summed E-state index contributed by atoms with van der Waals surface area (Å²) in [6.45, 7) is 4.04. The number of hydrogen-bond donors (Lipinski definition) is 1. The highest BCUT2D eigenvalue weighted by molar-refractivity contribution is 4.99. The lowest BCUT2D eigenvalue weighted by atomic mass is 9.72. The topological polar surface area (TPSA) is 26.0 Å². The van der Waals surface area contributed by atoms with Gasteiger partial charge in [-0.15, -0.1) is 0 Å². The lowest BCUT2D eigenvalue weighted by molar-refractivity contribution is 0.180. The van der Waals surface area contributed by atoms with Crippen LogP contribution in [0.3, 0.4) is 0 Å². The summed E-state index contributed by atoms with van der Waals surface area (Å²) >= 11 is 0. The van der Waals surface area contributed by atoms with Crippen molar-refractivity contribution in [3.63, 3.8) is 0 Å². The van der Waals surface area contributed by atoms with Crippen LogP contribution in [0.5, 0.6) is 0 Å². The summed E-state index contributed by atoms with van der Waals surface area (Å²) in [5.74, 6) is 1.96. The molecule has 0 spiro atoms. The Morgan fingerprint density at radius 3 is 2.30 bits per heavy atom. The van der Waals surface area contributed by atoms with E-state index in [1.54, 1.807) is 6.92 Å². The molecule has 0 aromatic rings. The minimum Gasteiger partial charge on any atom is -0.328 e. The first kappa shape index (κ1) is 16.3. The number of alkyl halides is 1. The number of halogens is 1. The van der Waals surface area contributed by atoms with Gasteiger partial charge in [-0.1, -0.05) is 26.2 Å². The van der Waals surface area contributed by atoms with Crippen molar-refractivity contribution in [2.75, 3.05) is 0 Å². The Hall–Kier alpha value is -0.110. The molecule has 2 N–H and O–H groups in total. The Morgan fingerprint density at radius 2 is 1.75 bits per heavy atom. The second kappa shape index (κ2) is 7.24. The highest BCUT2D eigenvalue weighted by Gasteiger charge is 2.48. The van der Waals surface area contributed by atoms with E-state index in [2.05, 4.69) is 6.92 Å². The second-order valence-electron chi connectivity index (χ2n) is 7.83. The van der Waals surface area contributed by atoms with E-state index in [1.807, 2.05) is 0 Å². The van der Waals surface area contributed by atoms with Gasteiger partial charge in [-0.3, -0.25) is 0 Å². The molecule has 0 saturated heterocycles. The molecule has 20 heavy (non-hydrogen) atoms. The first-order valence-electron chi connectivity index (χ1n) is 8.91. The zero-order chi connectivity index (χ0) is 14.6. The van der Waals surface area contributed by atoms with Gasteiger partial charge < -0.3 is 5.73 Å². The van der Waals surface area contributed by atoms with Crippen LogP contribution < -0.4 is 5.73 Å². The van der Waals surface area contributed by atoms with Crippen molar-refractivity contribution in [2.24, 2.45) is 23.0 Å². The molecule has 1 nitrogen and oxygen atoms in total. The summed E-state index contributed by atoms with van der Waals surface area (Å²) < 4.78 is 12.8. The van der Waals surface area contributed by atoms with E-state index in [9.17, 15) is 4.39 Å². The minimum absolute atomic E-state index is 0.218. The predicted molar refractivity (Wildman–Crippen MR) is 84.4 cm³/mol. The van der Waals surface area contributed by atoms with E-state index < -0.39 is 6.17 Å². The Balaban J connectivity index is 1.63. The van der Waals surface area contributed by atoms with Gasteiger partial charge in [0.05, 0.1) is 6.17 Å². The van der Waals surface area contributed by atoms with Crippen LogP contribution in [0.15, 0.2) is 0 Å². The molecule has 2 heteroatoms. The Morgan fingerprint density at radius 1 is 1.10 bits per heavy atom. The molecule has 118 valence electrons. The van der Waals surface area contributed by atoms with Crippen LogP contribution in [0.25, 0.3) is 0 Å². The highest BCUT2D eigenvalue weighted by atomic mass is 19.1. The predicted octanol–water partition coefficient (Wildman–Crippen LogP) is 5.23. The molecule has 0 aliphatic heterocycles. The van der Waals surface area contributed by atoms with Crippen molar-refractivity contribution in [1.82, 2.24) is 0 Å². The SMILES string of the molecule is CC(F)CC[C@@H](N)CCCC1(C2CCC(C)CC2)CC1. The first-order valence-corrected chi connectivity index (χ1v) is 8.91. The molecule has 0 aromatic carbocycles. The molecule has 0 amide bonds. The van der Waals surface area contributed by atoms with Crippen LogP contribution in [0.1, 0.15) is 84.5 Å². The van der Waals surface area contributed by atoms with Crippen LogP contribution in [-0.4, -0.2) is 12.2 Å². The van der Waals surface area contributed by atoms with E-state index in [-0.39, 0.29) is 6.04 Å². The maximum absolute atomic E-state index is 12.8. The second-order valence-corrected chi connectivity index (χ2v) is 7.83. The third-order valence-corrected chi connectivity index (χ3v) is 5.96. The third-order valence-electron chi connectivity index (χ3n) is 5.96. The van der Waals surface area contributed by atoms with Gasteiger partial charge in [0.2, 0.25) is 0 Å². The van der Waals surface area contributed by atoms with Gasteiger partial charge in [0.25, 0.3) is 0 Å². The van der Waals surface area contributed by atoms with Gasteiger partial charge in [0, 0.05) is 6.04 Å². The van der Waals surface area contributed by atoms with E-state index >= 15 is 0 Å². The Bertz CT molecular complexity index is 277. The maximum atomic E-state index is 12.8. The molecule has 2 fully saturated rings. The van der Waals surface area contributed by atoms with Crippen LogP contribution >= 0.6 is 0 Å². The lowest BCUT2D eigenvalue weighted by Crippen LogP contribution is -2.24. The summed E-state index contributed by atoms with van der Waals surface area (Å²) in [6.07, 6.45) is 13.3. The Kier molecular flexibility index (Phi) is 5.89. The van der Waals surface area contributed by atoms with E-state index in [0.717, 1.165) is 24.7 Å². The number of nitrogens with two attached hydrogens (primary N) is 1. The molecule has 2 saturated carbocycles. The van der Waals surface area contributed by atoms with Gasteiger partial charge in [-0.25, -0.2) is 4.39 Å². The quantitative estimate of drug-likeness (QED) is 0.648. The van der Waals surface area contributed by atoms with Crippen LogP contribution in [0, 0.1) is 17.3 Å². The van der Waals surface area contributed by atoms with Crippen LogP contribution in [0.4, 0.5) is 4.39 Å². The van der Waals surface area contributed by atoms with Gasteiger partial charge in [0.1, 0.15) is 0 Å². The third kappa shape index (κ3) is 4.72. The average Bonchev–Trinajstić information content (AvgIpc) is 3.18. The molecular formula is C18H34FN. The molecule has 2 aliphatic carbocycles. The summed E-state index contributed by atoms with van der Waals surface area (Å²) in [7, 11) is 0. The van der Waals surface area contributed by atoms with Crippen LogP contribution in [-0.2, 0) is 0 Å². The molecule has 2 rings (SSSR count). The van der Waals surface area contributed by atoms with Gasteiger partial charge >= 0.3 is 0 Å². The van der Waals surface area contributed by atoms with Gasteiger partial charge in [0.15, 0.2) is 0 Å². The van der Waals surface area contributed by atoms with E-state index in [1.165, 1.54) is 51.4 Å². The van der Waals surface area contributed by atoms with Crippen LogP contribution in [0.2, 0.25) is 0 Å². The van der Waals surface area contributed by atoms with E-state index in [4.69, 9.17) is 5.73 Å². The summed E-state index contributed by atoms with van der Waals surface area (Å²) in [5, 5.41) is 0. The maximum Gasteiger partial charge on any atom is 0.0974 e. The van der Waals surface area contributed by atoms with Crippen molar-refractivity contribution in [2.45, 2.75) is 96.7 Å². The van der Waals surface area contributed by atoms with Crippen molar-refractivity contribution in [1.29, 1.82) is 0 Å².